The number of ketones is 1. The Kier molecular flexibility index (Phi) is 6.64. The van der Waals surface area contributed by atoms with E-state index < -0.39 is 0 Å². The SMILES string of the molecule is O=C(c1ccc(N2c3ccccc3Oc3ccccc32)cc1)c1ccc2c(c1)c1ccccc1n2-c1ccc(-n2c3ccccc3c3ccccc32)cc1. The van der Waals surface area contributed by atoms with E-state index in [4.69, 9.17) is 4.74 Å². The van der Waals surface area contributed by atoms with Crippen LogP contribution >= 0.6 is 0 Å². The van der Waals surface area contributed by atoms with Crippen LogP contribution in [0.4, 0.5) is 17.1 Å². The summed E-state index contributed by atoms with van der Waals surface area (Å²) < 4.78 is 10.8. The van der Waals surface area contributed by atoms with E-state index in [-0.39, 0.29) is 5.78 Å². The van der Waals surface area contributed by atoms with Crippen molar-refractivity contribution in [2.45, 2.75) is 0 Å². The average Bonchev–Trinajstić information content (AvgIpc) is 3.75. The maximum Gasteiger partial charge on any atom is 0.193 e. The number of anilines is 3. The lowest BCUT2D eigenvalue weighted by molar-refractivity contribution is 0.103. The molecule has 0 radical (unpaired) electrons. The van der Waals surface area contributed by atoms with Gasteiger partial charge >= 0.3 is 0 Å². The minimum atomic E-state index is -0.0152. The molecule has 0 fully saturated rings. The Hall–Kier alpha value is -7.37. The molecule has 254 valence electrons. The van der Waals surface area contributed by atoms with Crippen LogP contribution in [-0.2, 0) is 0 Å². The molecular weight excluding hydrogens is 663 g/mol. The van der Waals surface area contributed by atoms with Crippen molar-refractivity contribution in [1.29, 1.82) is 0 Å². The summed E-state index contributed by atoms with van der Waals surface area (Å²) >= 11 is 0. The molecule has 54 heavy (non-hydrogen) atoms. The number of benzene rings is 8. The molecule has 5 nitrogen and oxygen atoms in total. The van der Waals surface area contributed by atoms with Crippen molar-refractivity contribution >= 4 is 66.5 Å². The van der Waals surface area contributed by atoms with Gasteiger partial charge in [-0.05, 0) is 109 Å². The number of nitrogens with zero attached hydrogens (tertiary/aromatic N) is 3. The fourth-order valence-electron chi connectivity index (χ4n) is 8.26. The first-order valence-electron chi connectivity index (χ1n) is 18.1. The molecule has 1 aliphatic heterocycles. The molecule has 0 saturated carbocycles. The van der Waals surface area contributed by atoms with Crippen LogP contribution in [0.5, 0.6) is 11.5 Å². The maximum atomic E-state index is 14.1. The number of para-hydroxylation sites is 7. The summed E-state index contributed by atoms with van der Waals surface area (Å²) in [6, 6.07) is 64.4. The summed E-state index contributed by atoms with van der Waals surface area (Å²) in [7, 11) is 0. The van der Waals surface area contributed by atoms with Gasteiger partial charge in [0.1, 0.15) is 0 Å². The van der Waals surface area contributed by atoms with Crippen molar-refractivity contribution < 1.29 is 9.53 Å². The standard InChI is InChI=1S/C49H31N3O2/c53-49(32-21-24-34(25-22-32)52-45-17-7-9-19-47(45)54-48-20-10-8-18-46(48)52)33-23-30-44-40(31-33)39-13-3-6-16-43(39)51(44)36-28-26-35(27-29-36)50-41-14-4-1-11-37(41)38-12-2-5-15-42(38)50/h1-31H. The lowest BCUT2D eigenvalue weighted by Crippen LogP contribution is -2.15. The zero-order valence-corrected chi connectivity index (χ0v) is 29.1. The first-order valence-corrected chi connectivity index (χ1v) is 18.1. The summed E-state index contributed by atoms with van der Waals surface area (Å²) in [6.07, 6.45) is 0. The number of fused-ring (bicyclic) bond motifs is 8. The molecule has 0 bridgehead atoms. The molecule has 0 unspecified atom stereocenters. The first-order chi connectivity index (χ1) is 26.7. The van der Waals surface area contributed by atoms with Gasteiger partial charge < -0.3 is 18.8 Å². The predicted molar refractivity (Wildman–Crippen MR) is 220 cm³/mol. The fourth-order valence-corrected chi connectivity index (χ4v) is 8.26. The number of ether oxygens (including phenoxy) is 1. The normalized spacial score (nSPS) is 12.3. The second kappa shape index (κ2) is 11.8. The summed E-state index contributed by atoms with van der Waals surface area (Å²) in [4.78, 5) is 16.3. The highest BCUT2D eigenvalue weighted by atomic mass is 16.5. The van der Waals surface area contributed by atoms with E-state index in [0.717, 1.165) is 61.7 Å². The maximum absolute atomic E-state index is 14.1. The van der Waals surface area contributed by atoms with E-state index in [1.165, 1.54) is 21.8 Å². The monoisotopic (exact) mass is 693 g/mol. The van der Waals surface area contributed by atoms with E-state index in [1.807, 2.05) is 72.8 Å². The van der Waals surface area contributed by atoms with Crippen LogP contribution in [0.25, 0.3) is 55.0 Å². The van der Waals surface area contributed by atoms with E-state index >= 15 is 0 Å². The molecule has 8 aromatic carbocycles. The third-order valence-electron chi connectivity index (χ3n) is 10.7. The third-order valence-corrected chi connectivity index (χ3v) is 10.7. The molecule has 0 amide bonds. The van der Waals surface area contributed by atoms with Crippen LogP contribution in [0.1, 0.15) is 15.9 Å². The van der Waals surface area contributed by atoms with Gasteiger partial charge in [-0.3, -0.25) is 4.79 Å². The summed E-state index contributed by atoms with van der Waals surface area (Å²) in [5.41, 5.74) is 10.9. The molecule has 0 spiro atoms. The number of hydrogen-bond acceptors (Lipinski definition) is 3. The Morgan fingerprint density at radius 3 is 1.31 bits per heavy atom. The van der Waals surface area contributed by atoms with Crippen LogP contribution in [0.2, 0.25) is 0 Å². The van der Waals surface area contributed by atoms with Crippen molar-refractivity contribution in [3.8, 4) is 22.9 Å². The van der Waals surface area contributed by atoms with Gasteiger partial charge in [-0.25, -0.2) is 0 Å². The number of carbonyl (C=O) groups excluding carboxylic acids is 1. The number of aromatic nitrogens is 2. The zero-order valence-electron chi connectivity index (χ0n) is 29.1. The number of carbonyl (C=O) groups is 1. The summed E-state index contributed by atoms with van der Waals surface area (Å²) in [6.45, 7) is 0. The molecule has 0 N–H and O–H groups in total. The number of hydrogen-bond donors (Lipinski definition) is 0. The topological polar surface area (TPSA) is 39.4 Å². The molecule has 11 rings (SSSR count). The minimum absolute atomic E-state index is 0.0152. The smallest absolute Gasteiger partial charge is 0.193 e. The van der Waals surface area contributed by atoms with E-state index in [2.05, 4.69) is 129 Å². The molecule has 0 saturated heterocycles. The lowest BCUT2D eigenvalue weighted by atomic mass is 10.0. The highest BCUT2D eigenvalue weighted by Gasteiger charge is 2.25. The fraction of sp³-hybridized carbons (Fsp3) is 0. The molecular formula is C49H31N3O2. The van der Waals surface area contributed by atoms with Gasteiger partial charge in [0.25, 0.3) is 0 Å². The van der Waals surface area contributed by atoms with Crippen molar-refractivity contribution in [3.05, 3.63) is 199 Å². The van der Waals surface area contributed by atoms with Crippen LogP contribution in [0, 0.1) is 0 Å². The van der Waals surface area contributed by atoms with Gasteiger partial charge in [0.05, 0.1) is 33.4 Å². The van der Waals surface area contributed by atoms with Gasteiger partial charge in [-0.15, -0.1) is 0 Å². The third kappa shape index (κ3) is 4.55. The Morgan fingerprint density at radius 2 is 0.778 bits per heavy atom. The van der Waals surface area contributed by atoms with E-state index in [9.17, 15) is 4.79 Å². The van der Waals surface area contributed by atoms with Crippen molar-refractivity contribution in [3.63, 3.8) is 0 Å². The van der Waals surface area contributed by atoms with Gasteiger partial charge in [0, 0.05) is 49.7 Å². The summed E-state index contributed by atoms with van der Waals surface area (Å²) in [5, 5.41) is 4.64. The van der Waals surface area contributed by atoms with Gasteiger partial charge in [-0.1, -0.05) is 78.9 Å². The molecule has 10 aromatic rings. The van der Waals surface area contributed by atoms with Crippen molar-refractivity contribution in [2.75, 3.05) is 4.90 Å². The van der Waals surface area contributed by atoms with Crippen LogP contribution in [0.3, 0.4) is 0 Å². The molecule has 1 aliphatic rings. The van der Waals surface area contributed by atoms with E-state index in [0.29, 0.717) is 11.1 Å². The van der Waals surface area contributed by atoms with Crippen LogP contribution in [0.15, 0.2) is 188 Å². The Balaban J connectivity index is 0.955. The quantitative estimate of drug-likeness (QED) is 0.168. The first kappa shape index (κ1) is 30.3. The van der Waals surface area contributed by atoms with Crippen molar-refractivity contribution in [2.24, 2.45) is 0 Å². The Morgan fingerprint density at radius 1 is 0.370 bits per heavy atom. The second-order valence-corrected chi connectivity index (χ2v) is 13.7. The highest BCUT2D eigenvalue weighted by molar-refractivity contribution is 6.15. The largest absolute Gasteiger partial charge is 0.453 e. The number of rotatable bonds is 5. The minimum Gasteiger partial charge on any atom is -0.453 e. The lowest BCUT2D eigenvalue weighted by Gasteiger charge is -2.32. The van der Waals surface area contributed by atoms with Gasteiger partial charge in [0.2, 0.25) is 0 Å². The van der Waals surface area contributed by atoms with Crippen LogP contribution in [-0.4, -0.2) is 14.9 Å². The molecule has 2 aromatic heterocycles. The Bertz CT molecular complexity index is 3000. The van der Waals surface area contributed by atoms with Crippen LogP contribution < -0.4 is 9.64 Å². The second-order valence-electron chi connectivity index (χ2n) is 13.7. The predicted octanol–water partition coefficient (Wildman–Crippen LogP) is 12.7. The average molecular weight is 694 g/mol. The molecule has 0 aliphatic carbocycles. The highest BCUT2D eigenvalue weighted by Crippen LogP contribution is 2.50. The summed E-state index contributed by atoms with van der Waals surface area (Å²) in [5.74, 6) is 1.57. The Labute approximate surface area is 311 Å². The van der Waals surface area contributed by atoms with Gasteiger partial charge in [-0.2, -0.15) is 0 Å². The molecule has 3 heterocycles. The van der Waals surface area contributed by atoms with E-state index in [1.54, 1.807) is 0 Å². The van der Waals surface area contributed by atoms with Gasteiger partial charge in [0.15, 0.2) is 17.3 Å². The zero-order chi connectivity index (χ0) is 35.8. The molecule has 0 atom stereocenters. The van der Waals surface area contributed by atoms with Crippen molar-refractivity contribution in [1.82, 2.24) is 9.13 Å². The molecule has 5 heteroatoms.